The first-order chi connectivity index (χ1) is 10.2. The van der Waals surface area contributed by atoms with E-state index in [0.717, 1.165) is 31.6 Å². The number of pyridine rings is 1. The molecule has 4 N–H and O–H groups in total. The number of amides is 1. The highest BCUT2D eigenvalue weighted by atomic mass is 16.5. The highest BCUT2D eigenvalue weighted by Crippen LogP contribution is 2.15. The van der Waals surface area contributed by atoms with Gasteiger partial charge in [-0.25, -0.2) is 10.8 Å². The van der Waals surface area contributed by atoms with Crippen molar-refractivity contribution in [2.75, 3.05) is 26.3 Å². The Morgan fingerprint density at radius 1 is 1.48 bits per heavy atom. The number of hydrazine groups is 1. The summed E-state index contributed by atoms with van der Waals surface area (Å²) in [5.74, 6) is 4.73. The van der Waals surface area contributed by atoms with Gasteiger partial charge in [0.2, 0.25) is 0 Å². The average molecular weight is 294 g/mol. The minimum atomic E-state index is -0.382. The SMILES string of the molecule is NNC(=O)c1cccc(CN2CCC(OCCO)CC2)n1. The maximum Gasteiger partial charge on any atom is 0.283 e. The molecule has 0 radical (unpaired) electrons. The van der Waals surface area contributed by atoms with Crippen LogP contribution in [0.5, 0.6) is 0 Å². The second-order valence-corrected chi connectivity index (χ2v) is 5.06. The highest BCUT2D eigenvalue weighted by Gasteiger charge is 2.20. The predicted octanol–water partition coefficient (Wildman–Crippen LogP) is -0.342. The smallest absolute Gasteiger partial charge is 0.283 e. The van der Waals surface area contributed by atoms with Crippen LogP contribution in [0.15, 0.2) is 18.2 Å². The molecule has 1 saturated heterocycles. The van der Waals surface area contributed by atoms with Crippen molar-refractivity contribution in [2.24, 2.45) is 5.84 Å². The molecule has 1 amide bonds. The van der Waals surface area contributed by atoms with Gasteiger partial charge in [-0.05, 0) is 25.0 Å². The zero-order chi connectivity index (χ0) is 15.1. The largest absolute Gasteiger partial charge is 0.394 e. The first-order valence-corrected chi connectivity index (χ1v) is 7.14. The fraction of sp³-hybridized carbons (Fsp3) is 0.571. The van der Waals surface area contributed by atoms with Crippen LogP contribution in [0.2, 0.25) is 0 Å². The molecular weight excluding hydrogens is 272 g/mol. The molecule has 2 heterocycles. The number of carbonyl (C=O) groups is 1. The van der Waals surface area contributed by atoms with E-state index in [4.69, 9.17) is 15.7 Å². The van der Waals surface area contributed by atoms with E-state index < -0.39 is 0 Å². The molecule has 2 rings (SSSR count). The molecule has 0 aromatic carbocycles. The quantitative estimate of drug-likeness (QED) is 0.377. The summed E-state index contributed by atoms with van der Waals surface area (Å²) in [5.41, 5.74) is 3.27. The van der Waals surface area contributed by atoms with Crippen molar-refractivity contribution in [3.8, 4) is 0 Å². The van der Waals surface area contributed by atoms with Crippen LogP contribution in [0.4, 0.5) is 0 Å². The minimum absolute atomic E-state index is 0.0696. The van der Waals surface area contributed by atoms with Gasteiger partial charge in [-0.2, -0.15) is 0 Å². The van der Waals surface area contributed by atoms with E-state index in [1.54, 1.807) is 6.07 Å². The van der Waals surface area contributed by atoms with Gasteiger partial charge in [-0.3, -0.25) is 15.1 Å². The number of hydrogen-bond acceptors (Lipinski definition) is 6. The van der Waals surface area contributed by atoms with Crippen molar-refractivity contribution in [3.05, 3.63) is 29.6 Å². The summed E-state index contributed by atoms with van der Waals surface area (Å²) >= 11 is 0. The molecule has 1 aliphatic heterocycles. The van der Waals surface area contributed by atoms with Crippen LogP contribution in [0.3, 0.4) is 0 Å². The van der Waals surface area contributed by atoms with Crippen LogP contribution in [-0.4, -0.2) is 53.3 Å². The van der Waals surface area contributed by atoms with Crippen molar-refractivity contribution < 1.29 is 14.6 Å². The second-order valence-electron chi connectivity index (χ2n) is 5.06. The first kappa shape index (κ1) is 15.8. The van der Waals surface area contributed by atoms with Gasteiger partial charge in [0, 0.05) is 19.6 Å². The van der Waals surface area contributed by atoms with Gasteiger partial charge in [0.1, 0.15) is 5.69 Å². The molecule has 1 aliphatic rings. The lowest BCUT2D eigenvalue weighted by Gasteiger charge is -2.31. The van der Waals surface area contributed by atoms with Gasteiger partial charge in [0.05, 0.1) is 25.0 Å². The number of likely N-dealkylation sites (tertiary alicyclic amines) is 1. The summed E-state index contributed by atoms with van der Waals surface area (Å²) in [6.07, 6.45) is 2.13. The van der Waals surface area contributed by atoms with Gasteiger partial charge >= 0.3 is 0 Å². The zero-order valence-corrected chi connectivity index (χ0v) is 12.0. The Kier molecular flexibility index (Phi) is 6.06. The molecule has 0 atom stereocenters. The Balaban J connectivity index is 1.84. The van der Waals surface area contributed by atoms with Crippen LogP contribution in [0.1, 0.15) is 29.0 Å². The van der Waals surface area contributed by atoms with Gasteiger partial charge in [-0.1, -0.05) is 6.07 Å². The van der Waals surface area contributed by atoms with E-state index in [9.17, 15) is 4.79 Å². The Bertz CT molecular complexity index is 461. The fourth-order valence-electron chi connectivity index (χ4n) is 2.45. The fourth-order valence-corrected chi connectivity index (χ4v) is 2.45. The third-order valence-electron chi connectivity index (χ3n) is 3.54. The van der Waals surface area contributed by atoms with E-state index in [1.807, 2.05) is 12.1 Å². The van der Waals surface area contributed by atoms with Gasteiger partial charge in [0.15, 0.2) is 0 Å². The summed E-state index contributed by atoms with van der Waals surface area (Å²) in [5, 5.41) is 8.75. The number of aliphatic hydroxyl groups is 1. The Morgan fingerprint density at radius 3 is 2.90 bits per heavy atom. The molecule has 21 heavy (non-hydrogen) atoms. The topological polar surface area (TPSA) is 101 Å². The maximum atomic E-state index is 11.5. The molecule has 7 nitrogen and oxygen atoms in total. The maximum absolute atomic E-state index is 11.5. The molecule has 0 saturated carbocycles. The summed E-state index contributed by atoms with van der Waals surface area (Å²) in [6.45, 7) is 3.02. The molecule has 0 bridgehead atoms. The number of nitrogens with one attached hydrogen (secondary N) is 1. The summed E-state index contributed by atoms with van der Waals surface area (Å²) < 4.78 is 5.54. The number of nitrogens with zero attached hydrogens (tertiary/aromatic N) is 2. The highest BCUT2D eigenvalue weighted by molar-refractivity contribution is 5.91. The third kappa shape index (κ3) is 4.75. The normalized spacial score (nSPS) is 16.9. The first-order valence-electron chi connectivity index (χ1n) is 7.14. The monoisotopic (exact) mass is 294 g/mol. The van der Waals surface area contributed by atoms with Crippen molar-refractivity contribution in [3.63, 3.8) is 0 Å². The van der Waals surface area contributed by atoms with Gasteiger partial charge < -0.3 is 9.84 Å². The number of hydrogen-bond donors (Lipinski definition) is 3. The van der Waals surface area contributed by atoms with E-state index in [-0.39, 0.29) is 18.6 Å². The molecular formula is C14H22N4O3. The molecule has 1 fully saturated rings. The average Bonchev–Trinajstić information content (AvgIpc) is 2.53. The zero-order valence-electron chi connectivity index (χ0n) is 12.0. The summed E-state index contributed by atoms with van der Waals surface area (Å²) in [4.78, 5) is 18.0. The lowest BCUT2D eigenvalue weighted by Crippen LogP contribution is -2.37. The van der Waals surface area contributed by atoms with Crippen LogP contribution in [-0.2, 0) is 11.3 Å². The van der Waals surface area contributed by atoms with E-state index in [2.05, 4.69) is 15.3 Å². The van der Waals surface area contributed by atoms with Crippen LogP contribution in [0.25, 0.3) is 0 Å². The van der Waals surface area contributed by atoms with Crippen LogP contribution >= 0.6 is 0 Å². The summed E-state index contributed by atoms with van der Waals surface area (Å²) in [6, 6.07) is 5.35. The lowest BCUT2D eigenvalue weighted by molar-refractivity contribution is -0.00919. The molecule has 0 spiro atoms. The van der Waals surface area contributed by atoms with Gasteiger partial charge in [-0.15, -0.1) is 0 Å². The lowest BCUT2D eigenvalue weighted by atomic mass is 10.1. The number of aromatic nitrogens is 1. The van der Waals surface area contributed by atoms with Crippen molar-refractivity contribution in [2.45, 2.75) is 25.5 Å². The van der Waals surface area contributed by atoms with Crippen LogP contribution in [0, 0.1) is 0 Å². The number of rotatable bonds is 6. The van der Waals surface area contributed by atoms with Crippen LogP contribution < -0.4 is 11.3 Å². The molecule has 1 aromatic heterocycles. The van der Waals surface area contributed by atoms with E-state index >= 15 is 0 Å². The molecule has 0 aliphatic carbocycles. The van der Waals surface area contributed by atoms with Gasteiger partial charge in [0.25, 0.3) is 5.91 Å². The van der Waals surface area contributed by atoms with Crippen molar-refractivity contribution in [1.82, 2.24) is 15.3 Å². The van der Waals surface area contributed by atoms with E-state index in [1.165, 1.54) is 0 Å². The minimum Gasteiger partial charge on any atom is -0.394 e. The summed E-state index contributed by atoms with van der Waals surface area (Å²) in [7, 11) is 0. The third-order valence-corrected chi connectivity index (χ3v) is 3.54. The number of aliphatic hydroxyl groups excluding tert-OH is 1. The number of nitrogens with two attached hydrogens (primary N) is 1. The standard InChI is InChI=1S/C14H22N4O3/c15-17-14(20)13-3-1-2-11(16-13)10-18-6-4-12(5-7-18)21-9-8-19/h1-3,12,19H,4-10,15H2,(H,17,20). The number of carbonyl (C=O) groups excluding carboxylic acids is 1. The number of piperidine rings is 1. The van der Waals surface area contributed by atoms with Crippen molar-refractivity contribution >= 4 is 5.91 Å². The Hall–Kier alpha value is -1.54. The Morgan fingerprint density at radius 2 is 2.24 bits per heavy atom. The second kappa shape index (κ2) is 8.04. The van der Waals surface area contributed by atoms with E-state index in [0.29, 0.717) is 18.8 Å². The number of nitrogen functional groups attached to an aromatic ring is 1. The number of ether oxygens (including phenoxy) is 1. The van der Waals surface area contributed by atoms with Crippen molar-refractivity contribution in [1.29, 1.82) is 0 Å². The predicted molar refractivity (Wildman–Crippen MR) is 77.2 cm³/mol. The molecule has 0 unspecified atom stereocenters. The molecule has 7 heteroatoms. The molecule has 116 valence electrons. The Labute approximate surface area is 124 Å². The molecule has 1 aromatic rings.